The molecule has 0 unspecified atom stereocenters. The van der Waals surface area contributed by atoms with Gasteiger partial charge in [0, 0.05) is 23.2 Å². The molecule has 128 valence electrons. The van der Waals surface area contributed by atoms with Crippen molar-refractivity contribution >= 4 is 35.5 Å². The van der Waals surface area contributed by atoms with Gasteiger partial charge in [-0.3, -0.25) is 4.79 Å². The van der Waals surface area contributed by atoms with Crippen LogP contribution in [-0.4, -0.2) is 28.6 Å². The number of hydrogen-bond donors (Lipinski definition) is 2. The molecular weight excluding hydrogens is 344 g/mol. The smallest absolute Gasteiger partial charge is 0.232 e. The number of rotatable bonds is 3. The van der Waals surface area contributed by atoms with Gasteiger partial charge in [-0.15, -0.1) is 17.5 Å². The molecule has 2 heterocycles. The lowest BCUT2D eigenvalue weighted by Gasteiger charge is -2.37. The van der Waals surface area contributed by atoms with Crippen LogP contribution < -0.4 is 10.6 Å². The van der Waals surface area contributed by atoms with Crippen LogP contribution in [0, 0.1) is 11.3 Å². The topological polar surface area (TPSA) is 66.9 Å². The number of nitrogens with zero attached hydrogens (tertiary/aromatic N) is 2. The van der Waals surface area contributed by atoms with Gasteiger partial charge in [0.15, 0.2) is 0 Å². The van der Waals surface area contributed by atoms with Gasteiger partial charge in [-0.1, -0.05) is 29.5 Å². The first kappa shape index (κ1) is 17.3. The number of carbonyl (C=O) groups is 1. The molecule has 4 rings (SSSR count). The number of fused-ring (bicyclic) bond motifs is 1. The van der Waals surface area contributed by atoms with Crippen molar-refractivity contribution in [1.82, 2.24) is 14.9 Å². The van der Waals surface area contributed by atoms with Gasteiger partial charge >= 0.3 is 0 Å². The largest absolute Gasteiger partial charge is 0.326 e. The Kier molecular flexibility index (Phi) is 5.18. The van der Waals surface area contributed by atoms with E-state index in [0.717, 1.165) is 49.3 Å². The first-order valence-corrected chi connectivity index (χ1v) is 9.01. The van der Waals surface area contributed by atoms with Crippen molar-refractivity contribution in [1.29, 1.82) is 0 Å². The van der Waals surface area contributed by atoms with Gasteiger partial charge in [0.2, 0.25) is 5.91 Å². The first-order chi connectivity index (χ1) is 11.3. The van der Waals surface area contributed by atoms with Crippen LogP contribution in [0.5, 0.6) is 0 Å². The highest BCUT2D eigenvalue weighted by molar-refractivity contribution is 7.03. The van der Waals surface area contributed by atoms with Crippen LogP contribution in [0.2, 0.25) is 0 Å². The third-order valence-corrected chi connectivity index (χ3v) is 5.79. The van der Waals surface area contributed by atoms with E-state index in [0.29, 0.717) is 5.92 Å². The minimum Gasteiger partial charge on any atom is -0.326 e. The Morgan fingerprint density at radius 3 is 2.88 bits per heavy atom. The van der Waals surface area contributed by atoms with Crippen LogP contribution in [0.25, 0.3) is 11.3 Å². The number of carbonyl (C=O) groups excluding carboxylic acids is 1. The molecule has 1 saturated carbocycles. The Bertz CT molecular complexity index is 691. The maximum atomic E-state index is 12.9. The summed E-state index contributed by atoms with van der Waals surface area (Å²) in [5.74, 6) is 0.659. The van der Waals surface area contributed by atoms with Crippen LogP contribution in [0.1, 0.15) is 25.7 Å². The Balaban J connectivity index is 0.00000169. The summed E-state index contributed by atoms with van der Waals surface area (Å²) in [7, 11) is 0. The molecule has 24 heavy (non-hydrogen) atoms. The Morgan fingerprint density at radius 1 is 1.29 bits per heavy atom. The molecule has 0 bridgehead atoms. The van der Waals surface area contributed by atoms with Crippen molar-refractivity contribution in [3.8, 4) is 11.3 Å². The van der Waals surface area contributed by atoms with Crippen molar-refractivity contribution < 1.29 is 4.79 Å². The summed E-state index contributed by atoms with van der Waals surface area (Å²) < 4.78 is 3.88. The Hall–Kier alpha value is -1.50. The maximum absolute atomic E-state index is 12.9. The molecule has 2 atom stereocenters. The summed E-state index contributed by atoms with van der Waals surface area (Å²) in [6.07, 6.45) is 4.56. The highest BCUT2D eigenvalue weighted by Crippen LogP contribution is 2.44. The van der Waals surface area contributed by atoms with E-state index >= 15 is 0 Å². The van der Waals surface area contributed by atoms with E-state index in [1.807, 2.05) is 29.6 Å². The molecule has 1 amide bonds. The average molecular weight is 365 g/mol. The molecule has 1 aromatic heterocycles. The van der Waals surface area contributed by atoms with Crippen LogP contribution in [0.3, 0.4) is 0 Å². The monoisotopic (exact) mass is 364 g/mol. The van der Waals surface area contributed by atoms with Crippen LogP contribution >= 0.6 is 23.9 Å². The average Bonchev–Trinajstić information content (AvgIpc) is 3.25. The fraction of sp³-hybridized carbons (Fsp3) is 0.471. The van der Waals surface area contributed by atoms with E-state index < -0.39 is 0 Å². The Labute approximate surface area is 151 Å². The van der Waals surface area contributed by atoms with Gasteiger partial charge in [-0.05, 0) is 49.0 Å². The minimum absolute atomic E-state index is 0. The van der Waals surface area contributed by atoms with Crippen molar-refractivity contribution in [3.05, 3.63) is 29.6 Å². The second-order valence-corrected chi connectivity index (χ2v) is 7.16. The SMILES string of the molecule is Cl.O=C(Nc1ccc(-c2csnn2)cc1)[C@@]12CCCC[C@H]1CNC2. The predicted molar refractivity (Wildman–Crippen MR) is 98.5 cm³/mol. The van der Waals surface area contributed by atoms with Gasteiger partial charge in [-0.25, -0.2) is 0 Å². The standard InChI is InChI=1S/C17H20N4OS.ClH/c22-16(17-8-2-1-3-13(17)9-18-11-17)19-14-6-4-12(5-7-14)15-10-23-21-20-15;/h4-7,10,13,18H,1-3,8-9,11H2,(H,19,22);1H/t13-,17+;/m0./s1. The molecule has 7 heteroatoms. The number of benzene rings is 1. The molecule has 2 aromatic rings. The lowest BCUT2D eigenvalue weighted by Crippen LogP contribution is -2.44. The van der Waals surface area contributed by atoms with E-state index in [-0.39, 0.29) is 23.7 Å². The number of hydrogen-bond acceptors (Lipinski definition) is 5. The van der Waals surface area contributed by atoms with Crippen molar-refractivity contribution in [2.24, 2.45) is 11.3 Å². The number of aromatic nitrogens is 2. The molecule has 5 nitrogen and oxygen atoms in total. The molecular formula is C17H21ClN4OS. The molecule has 1 aliphatic carbocycles. The zero-order chi connectivity index (χ0) is 15.7. The predicted octanol–water partition coefficient (Wildman–Crippen LogP) is 3.35. The van der Waals surface area contributed by atoms with E-state index in [1.165, 1.54) is 18.0 Å². The lowest BCUT2D eigenvalue weighted by molar-refractivity contribution is -0.128. The molecule has 2 aliphatic rings. The van der Waals surface area contributed by atoms with E-state index in [9.17, 15) is 4.79 Å². The summed E-state index contributed by atoms with van der Waals surface area (Å²) in [5, 5.41) is 12.5. The third-order valence-electron chi connectivity index (χ3n) is 5.29. The van der Waals surface area contributed by atoms with Crippen molar-refractivity contribution in [2.75, 3.05) is 18.4 Å². The normalized spacial score (nSPS) is 25.6. The number of amides is 1. The van der Waals surface area contributed by atoms with Crippen molar-refractivity contribution in [2.45, 2.75) is 25.7 Å². The first-order valence-electron chi connectivity index (χ1n) is 8.18. The second-order valence-electron chi connectivity index (χ2n) is 6.55. The van der Waals surface area contributed by atoms with E-state index in [2.05, 4.69) is 20.2 Å². The number of anilines is 1. The van der Waals surface area contributed by atoms with Gasteiger partial charge < -0.3 is 10.6 Å². The number of nitrogens with one attached hydrogen (secondary N) is 2. The number of halogens is 1. The quantitative estimate of drug-likeness (QED) is 0.876. The molecule has 0 spiro atoms. The van der Waals surface area contributed by atoms with Gasteiger partial charge in [0.05, 0.1) is 5.41 Å². The van der Waals surface area contributed by atoms with Gasteiger partial charge in [0.25, 0.3) is 0 Å². The summed E-state index contributed by atoms with van der Waals surface area (Å²) in [6.45, 7) is 1.79. The molecule has 2 N–H and O–H groups in total. The highest BCUT2D eigenvalue weighted by Gasteiger charge is 2.49. The maximum Gasteiger partial charge on any atom is 0.232 e. The molecule has 1 aliphatic heterocycles. The second kappa shape index (κ2) is 7.17. The molecule has 2 fully saturated rings. The zero-order valence-electron chi connectivity index (χ0n) is 13.3. The third kappa shape index (κ3) is 3.06. The Morgan fingerprint density at radius 2 is 2.12 bits per heavy atom. The molecule has 0 radical (unpaired) electrons. The molecule has 1 aromatic carbocycles. The van der Waals surface area contributed by atoms with Gasteiger partial charge in [-0.2, -0.15) is 0 Å². The lowest BCUT2D eigenvalue weighted by atomic mass is 9.67. The zero-order valence-corrected chi connectivity index (χ0v) is 15.0. The summed E-state index contributed by atoms with van der Waals surface area (Å²) in [6, 6.07) is 7.86. The van der Waals surface area contributed by atoms with Crippen LogP contribution in [0.4, 0.5) is 5.69 Å². The minimum atomic E-state index is -0.213. The fourth-order valence-corrected chi connectivity index (χ4v) is 4.43. The van der Waals surface area contributed by atoms with Crippen LogP contribution in [-0.2, 0) is 4.79 Å². The van der Waals surface area contributed by atoms with E-state index in [1.54, 1.807) is 0 Å². The summed E-state index contributed by atoms with van der Waals surface area (Å²) >= 11 is 1.34. The van der Waals surface area contributed by atoms with Crippen molar-refractivity contribution in [3.63, 3.8) is 0 Å². The molecule has 1 saturated heterocycles. The van der Waals surface area contributed by atoms with Gasteiger partial charge in [0.1, 0.15) is 5.69 Å². The summed E-state index contributed by atoms with van der Waals surface area (Å²) in [5.41, 5.74) is 2.54. The van der Waals surface area contributed by atoms with Crippen LogP contribution in [0.15, 0.2) is 29.6 Å². The van der Waals surface area contributed by atoms with E-state index in [4.69, 9.17) is 0 Å². The summed E-state index contributed by atoms with van der Waals surface area (Å²) in [4.78, 5) is 12.9. The highest BCUT2D eigenvalue weighted by atomic mass is 35.5. The fourth-order valence-electron chi connectivity index (χ4n) is 3.96.